The maximum atomic E-state index is 12.2. The number of carbonyl (C=O) groups is 1. The van der Waals surface area contributed by atoms with Gasteiger partial charge in [-0.2, -0.15) is 8.78 Å². The van der Waals surface area contributed by atoms with Crippen LogP contribution >= 0.6 is 24.0 Å². The molecule has 0 saturated carbocycles. The van der Waals surface area contributed by atoms with E-state index in [9.17, 15) is 13.6 Å². The summed E-state index contributed by atoms with van der Waals surface area (Å²) in [4.78, 5) is 13.7. The molecule has 112 valence electrons. The predicted molar refractivity (Wildman–Crippen MR) is 80.6 cm³/mol. The number of thiocarbonyl (C=S) groups is 1. The molecule has 4 nitrogen and oxygen atoms in total. The molecule has 0 atom stereocenters. The lowest BCUT2D eigenvalue weighted by Gasteiger charge is -2.10. The number of alkyl halides is 2. The highest BCUT2D eigenvalue weighted by molar-refractivity contribution is 8.26. The molecule has 0 spiro atoms. The van der Waals surface area contributed by atoms with E-state index in [1.54, 1.807) is 19.2 Å². The van der Waals surface area contributed by atoms with Crippen molar-refractivity contribution in [1.29, 1.82) is 0 Å². The van der Waals surface area contributed by atoms with Crippen LogP contribution in [0.3, 0.4) is 0 Å². The Morgan fingerprint density at radius 1 is 1.38 bits per heavy atom. The number of halogens is 2. The smallest absolute Gasteiger partial charge is 0.387 e. The van der Waals surface area contributed by atoms with Crippen LogP contribution in [0.1, 0.15) is 5.56 Å². The fourth-order valence-electron chi connectivity index (χ4n) is 1.66. The first-order valence-corrected chi connectivity index (χ1v) is 6.99. The van der Waals surface area contributed by atoms with Gasteiger partial charge in [0.2, 0.25) is 0 Å². The summed E-state index contributed by atoms with van der Waals surface area (Å²) < 4.78 is 34.3. The molecule has 1 saturated heterocycles. The number of likely N-dealkylation sites (N-methyl/N-ethyl adjacent to an activating group) is 1. The van der Waals surface area contributed by atoms with E-state index in [1.165, 1.54) is 35.9 Å². The van der Waals surface area contributed by atoms with E-state index in [0.29, 0.717) is 14.8 Å². The topological polar surface area (TPSA) is 38.8 Å². The molecule has 1 aliphatic rings. The van der Waals surface area contributed by atoms with Crippen molar-refractivity contribution in [3.8, 4) is 11.5 Å². The van der Waals surface area contributed by atoms with E-state index in [-0.39, 0.29) is 17.4 Å². The molecule has 2 rings (SSSR count). The SMILES string of the molecule is COc1cc(C=C2SC(=S)N(C)C2=O)ccc1OC(F)F. The van der Waals surface area contributed by atoms with E-state index in [4.69, 9.17) is 17.0 Å². The predicted octanol–water partition coefficient (Wildman–Crippen LogP) is 3.13. The molecule has 8 heteroatoms. The summed E-state index contributed by atoms with van der Waals surface area (Å²) in [6, 6.07) is 4.44. The van der Waals surface area contributed by atoms with Crippen molar-refractivity contribution in [2.45, 2.75) is 6.61 Å². The highest BCUT2D eigenvalue weighted by atomic mass is 32.2. The van der Waals surface area contributed by atoms with Crippen LogP contribution in [-0.2, 0) is 4.79 Å². The van der Waals surface area contributed by atoms with Crippen LogP contribution in [0.25, 0.3) is 6.08 Å². The van der Waals surface area contributed by atoms with E-state index in [1.807, 2.05) is 0 Å². The molecule has 0 radical (unpaired) electrons. The number of carbonyl (C=O) groups excluding carboxylic acids is 1. The van der Waals surface area contributed by atoms with Crippen molar-refractivity contribution >= 4 is 40.3 Å². The highest BCUT2D eigenvalue weighted by Crippen LogP contribution is 2.34. The summed E-state index contributed by atoms with van der Waals surface area (Å²) in [7, 11) is 2.95. The third kappa shape index (κ3) is 3.51. The van der Waals surface area contributed by atoms with E-state index in [2.05, 4.69) is 4.74 Å². The molecule has 0 aliphatic carbocycles. The van der Waals surface area contributed by atoms with Gasteiger partial charge < -0.3 is 9.47 Å². The largest absolute Gasteiger partial charge is 0.493 e. The molecule has 1 aromatic rings. The highest BCUT2D eigenvalue weighted by Gasteiger charge is 2.28. The van der Waals surface area contributed by atoms with Gasteiger partial charge in [0.05, 0.1) is 12.0 Å². The van der Waals surface area contributed by atoms with E-state index < -0.39 is 6.61 Å². The number of amides is 1. The number of rotatable bonds is 4. The quantitative estimate of drug-likeness (QED) is 0.626. The van der Waals surface area contributed by atoms with Crippen LogP contribution in [0.5, 0.6) is 11.5 Å². The molecular formula is C13H11F2NO3S2. The Kier molecular flexibility index (Phi) is 4.79. The van der Waals surface area contributed by atoms with E-state index >= 15 is 0 Å². The number of hydrogen-bond donors (Lipinski definition) is 0. The number of methoxy groups -OCH3 is 1. The second-order valence-electron chi connectivity index (χ2n) is 4.03. The molecule has 1 aliphatic heterocycles. The molecule has 1 heterocycles. The van der Waals surface area contributed by atoms with Gasteiger partial charge in [0, 0.05) is 7.05 Å². The van der Waals surface area contributed by atoms with Crippen molar-refractivity contribution in [3.63, 3.8) is 0 Å². The van der Waals surface area contributed by atoms with Crippen LogP contribution in [-0.4, -0.2) is 35.9 Å². The first-order chi connectivity index (χ1) is 9.92. The summed E-state index contributed by atoms with van der Waals surface area (Å²) in [6.07, 6.45) is 1.62. The van der Waals surface area contributed by atoms with Gasteiger partial charge in [-0.05, 0) is 23.8 Å². The Balaban J connectivity index is 2.30. The number of hydrogen-bond acceptors (Lipinski definition) is 5. The summed E-state index contributed by atoms with van der Waals surface area (Å²) in [5.41, 5.74) is 0.627. The monoisotopic (exact) mass is 331 g/mol. The molecule has 0 unspecified atom stereocenters. The molecular weight excluding hydrogens is 320 g/mol. The fourth-order valence-corrected chi connectivity index (χ4v) is 2.84. The lowest BCUT2D eigenvalue weighted by Crippen LogP contribution is -2.22. The minimum absolute atomic E-state index is 0.0623. The Morgan fingerprint density at radius 2 is 2.10 bits per heavy atom. The molecule has 1 aromatic carbocycles. The minimum atomic E-state index is -2.93. The van der Waals surface area contributed by atoms with Crippen LogP contribution in [0.2, 0.25) is 0 Å². The fraction of sp³-hybridized carbons (Fsp3) is 0.231. The Hall–Kier alpha value is -1.67. The summed E-state index contributed by atoms with van der Waals surface area (Å²) in [6.45, 7) is -2.93. The van der Waals surface area contributed by atoms with Crippen molar-refractivity contribution in [2.75, 3.05) is 14.2 Å². The molecule has 21 heavy (non-hydrogen) atoms. The van der Waals surface area contributed by atoms with Gasteiger partial charge in [-0.25, -0.2) is 0 Å². The zero-order valence-electron chi connectivity index (χ0n) is 11.1. The van der Waals surface area contributed by atoms with Crippen LogP contribution in [0.15, 0.2) is 23.1 Å². The molecule has 0 bridgehead atoms. The zero-order valence-corrected chi connectivity index (χ0v) is 12.8. The Morgan fingerprint density at radius 3 is 2.62 bits per heavy atom. The van der Waals surface area contributed by atoms with Gasteiger partial charge >= 0.3 is 6.61 Å². The molecule has 0 aromatic heterocycles. The third-order valence-electron chi connectivity index (χ3n) is 2.69. The average Bonchev–Trinajstić information content (AvgIpc) is 2.67. The number of nitrogens with zero attached hydrogens (tertiary/aromatic N) is 1. The maximum absolute atomic E-state index is 12.2. The standard InChI is InChI=1S/C13H11F2NO3S2/c1-16-11(17)10(21-13(16)20)6-7-3-4-8(19-12(14)15)9(5-7)18-2/h3-6,12H,1-2H3. The van der Waals surface area contributed by atoms with E-state index in [0.717, 1.165) is 0 Å². The van der Waals surface area contributed by atoms with Crippen LogP contribution in [0, 0.1) is 0 Å². The average molecular weight is 331 g/mol. The van der Waals surface area contributed by atoms with Crippen LogP contribution in [0.4, 0.5) is 8.78 Å². The van der Waals surface area contributed by atoms with Gasteiger partial charge in [-0.1, -0.05) is 30.0 Å². The first-order valence-electron chi connectivity index (χ1n) is 5.76. The van der Waals surface area contributed by atoms with Crippen molar-refractivity contribution in [2.24, 2.45) is 0 Å². The summed E-state index contributed by atoms with van der Waals surface area (Å²) >= 11 is 6.21. The van der Waals surface area contributed by atoms with Crippen molar-refractivity contribution < 1.29 is 23.0 Å². The van der Waals surface area contributed by atoms with Crippen LogP contribution < -0.4 is 9.47 Å². The van der Waals surface area contributed by atoms with Gasteiger partial charge in [-0.3, -0.25) is 9.69 Å². The third-order valence-corrected chi connectivity index (χ3v) is 4.17. The lowest BCUT2D eigenvalue weighted by atomic mass is 10.2. The molecule has 1 amide bonds. The normalized spacial score (nSPS) is 17.0. The van der Waals surface area contributed by atoms with Gasteiger partial charge in [0.15, 0.2) is 11.5 Å². The Bertz CT molecular complexity index is 619. The van der Waals surface area contributed by atoms with Gasteiger partial charge in [0.25, 0.3) is 5.91 Å². The summed E-state index contributed by atoms with van der Waals surface area (Å²) in [5.74, 6) is -0.0967. The number of benzene rings is 1. The minimum Gasteiger partial charge on any atom is -0.493 e. The summed E-state index contributed by atoms with van der Waals surface area (Å²) in [5, 5.41) is 0. The van der Waals surface area contributed by atoms with Gasteiger partial charge in [0.1, 0.15) is 4.32 Å². The number of ether oxygens (including phenoxy) is 2. The molecule has 1 fully saturated rings. The second kappa shape index (κ2) is 6.40. The second-order valence-corrected chi connectivity index (χ2v) is 5.71. The maximum Gasteiger partial charge on any atom is 0.387 e. The van der Waals surface area contributed by atoms with Crippen molar-refractivity contribution in [1.82, 2.24) is 4.90 Å². The lowest BCUT2D eigenvalue weighted by molar-refractivity contribution is -0.121. The Labute approximate surface area is 129 Å². The van der Waals surface area contributed by atoms with Gasteiger partial charge in [-0.15, -0.1) is 0 Å². The zero-order chi connectivity index (χ0) is 15.6. The molecule has 0 N–H and O–H groups in total. The number of thioether (sulfide) groups is 1. The first kappa shape index (κ1) is 15.7. The van der Waals surface area contributed by atoms with Crippen molar-refractivity contribution in [3.05, 3.63) is 28.7 Å².